The van der Waals surface area contributed by atoms with Crippen molar-refractivity contribution in [3.8, 4) is 0 Å². The van der Waals surface area contributed by atoms with Crippen LogP contribution in [0, 0.1) is 30.1 Å². The Morgan fingerprint density at radius 3 is 2.35 bits per heavy atom. The van der Waals surface area contributed by atoms with Crippen LogP contribution >= 0.6 is 0 Å². The minimum absolute atomic E-state index is 0.0846. The highest BCUT2D eigenvalue weighted by atomic mass is 16.2. The van der Waals surface area contributed by atoms with E-state index >= 15 is 0 Å². The zero-order valence-corrected chi connectivity index (χ0v) is 12.1. The first-order valence-corrected chi connectivity index (χ1v) is 7.88. The van der Waals surface area contributed by atoms with Crippen LogP contribution in [-0.4, -0.2) is 10.9 Å². The summed E-state index contributed by atoms with van der Waals surface area (Å²) in [5.74, 6) is 3.39. The Labute approximate surface area is 120 Å². The lowest BCUT2D eigenvalue weighted by Gasteiger charge is -2.55. The molecule has 4 bridgehead atoms. The van der Waals surface area contributed by atoms with E-state index in [1.165, 1.54) is 19.3 Å². The summed E-state index contributed by atoms with van der Waals surface area (Å²) in [5, 5.41) is 3.12. The standard InChI is InChI=1S/C17H22N2O/c1-11-3-2-4-18-15(11)19-16(20)17-8-12-5-13(9-17)7-14(6-12)10-17/h2-4,12-14H,5-10H2,1H3,(H,18,19,20). The van der Waals surface area contributed by atoms with Crippen LogP contribution in [0.2, 0.25) is 0 Å². The third-order valence-electron chi connectivity index (χ3n) is 5.76. The van der Waals surface area contributed by atoms with Crippen LogP contribution in [0.3, 0.4) is 0 Å². The van der Waals surface area contributed by atoms with Crippen LogP contribution in [0.1, 0.15) is 44.1 Å². The number of rotatable bonds is 2. The molecule has 0 aliphatic heterocycles. The molecule has 4 saturated carbocycles. The summed E-state index contributed by atoms with van der Waals surface area (Å²) < 4.78 is 0. The number of carbonyl (C=O) groups is 1. The van der Waals surface area contributed by atoms with Gasteiger partial charge in [-0.1, -0.05) is 6.07 Å². The van der Waals surface area contributed by atoms with E-state index in [1.54, 1.807) is 6.20 Å². The minimum atomic E-state index is -0.0846. The van der Waals surface area contributed by atoms with Crippen molar-refractivity contribution in [3.63, 3.8) is 0 Å². The number of amides is 1. The van der Waals surface area contributed by atoms with Crippen molar-refractivity contribution >= 4 is 11.7 Å². The Bertz CT molecular complexity index is 516. The molecule has 1 heterocycles. The molecule has 0 saturated heterocycles. The van der Waals surface area contributed by atoms with Gasteiger partial charge in [-0.3, -0.25) is 4.79 Å². The van der Waals surface area contributed by atoms with Gasteiger partial charge in [-0.25, -0.2) is 4.98 Å². The van der Waals surface area contributed by atoms with Gasteiger partial charge in [0.15, 0.2) is 0 Å². The molecular formula is C17H22N2O. The second kappa shape index (κ2) is 4.31. The lowest BCUT2D eigenvalue weighted by atomic mass is 9.49. The second-order valence-electron chi connectivity index (χ2n) is 7.32. The van der Waals surface area contributed by atoms with Crippen LogP contribution in [0.25, 0.3) is 0 Å². The molecule has 5 rings (SSSR count). The van der Waals surface area contributed by atoms with E-state index in [0.717, 1.165) is 48.4 Å². The lowest BCUT2D eigenvalue weighted by Crippen LogP contribution is -2.51. The summed E-state index contributed by atoms with van der Waals surface area (Å²) in [6.45, 7) is 2.00. The lowest BCUT2D eigenvalue weighted by molar-refractivity contribution is -0.140. The third-order valence-corrected chi connectivity index (χ3v) is 5.76. The number of pyridine rings is 1. The number of aryl methyl sites for hydroxylation is 1. The predicted molar refractivity (Wildman–Crippen MR) is 78.2 cm³/mol. The maximum absolute atomic E-state index is 12.9. The van der Waals surface area contributed by atoms with Crippen molar-refractivity contribution in [2.24, 2.45) is 23.2 Å². The number of aromatic nitrogens is 1. The third kappa shape index (κ3) is 1.87. The Balaban J connectivity index is 1.58. The molecule has 3 heteroatoms. The van der Waals surface area contributed by atoms with E-state index in [0.29, 0.717) is 0 Å². The first-order valence-electron chi connectivity index (χ1n) is 7.88. The smallest absolute Gasteiger partial charge is 0.231 e. The summed E-state index contributed by atoms with van der Waals surface area (Å²) >= 11 is 0. The fourth-order valence-corrected chi connectivity index (χ4v) is 5.25. The summed E-state index contributed by atoms with van der Waals surface area (Å²) in [5.41, 5.74) is 0.962. The zero-order valence-electron chi connectivity index (χ0n) is 12.1. The fraction of sp³-hybridized carbons (Fsp3) is 0.647. The molecule has 0 aromatic carbocycles. The Hall–Kier alpha value is -1.38. The molecule has 0 atom stereocenters. The summed E-state index contributed by atoms with van der Waals surface area (Å²) in [7, 11) is 0. The molecule has 4 fully saturated rings. The number of nitrogens with zero attached hydrogens (tertiary/aromatic N) is 1. The number of nitrogens with one attached hydrogen (secondary N) is 1. The van der Waals surface area contributed by atoms with Crippen molar-refractivity contribution in [2.45, 2.75) is 45.4 Å². The average molecular weight is 270 g/mol. The van der Waals surface area contributed by atoms with Gasteiger partial charge in [-0.15, -0.1) is 0 Å². The molecule has 1 amide bonds. The maximum atomic E-state index is 12.9. The SMILES string of the molecule is Cc1cccnc1NC(=O)C12CC3CC(CC(C3)C1)C2. The maximum Gasteiger partial charge on any atom is 0.231 e. The van der Waals surface area contributed by atoms with Gasteiger partial charge in [0.2, 0.25) is 5.91 Å². The highest BCUT2D eigenvalue weighted by molar-refractivity contribution is 5.95. The van der Waals surface area contributed by atoms with Gasteiger partial charge in [0.05, 0.1) is 5.41 Å². The van der Waals surface area contributed by atoms with Crippen molar-refractivity contribution in [1.82, 2.24) is 4.98 Å². The average Bonchev–Trinajstić information content (AvgIpc) is 2.40. The van der Waals surface area contributed by atoms with Gasteiger partial charge >= 0.3 is 0 Å². The zero-order chi connectivity index (χ0) is 13.7. The van der Waals surface area contributed by atoms with Crippen LogP contribution in [0.4, 0.5) is 5.82 Å². The molecule has 4 aliphatic rings. The van der Waals surface area contributed by atoms with Gasteiger partial charge in [-0.2, -0.15) is 0 Å². The van der Waals surface area contributed by atoms with Crippen molar-refractivity contribution in [3.05, 3.63) is 23.9 Å². The molecule has 0 unspecified atom stereocenters. The summed E-state index contributed by atoms with van der Waals surface area (Å²) in [4.78, 5) is 17.2. The normalized spacial score (nSPS) is 38.0. The highest BCUT2D eigenvalue weighted by Crippen LogP contribution is 2.60. The molecule has 106 valence electrons. The molecule has 1 aromatic rings. The second-order valence-corrected chi connectivity index (χ2v) is 7.32. The van der Waals surface area contributed by atoms with E-state index in [1.807, 2.05) is 19.1 Å². The molecule has 20 heavy (non-hydrogen) atoms. The Kier molecular flexibility index (Phi) is 2.66. The van der Waals surface area contributed by atoms with Crippen LogP contribution < -0.4 is 5.32 Å². The Morgan fingerprint density at radius 1 is 1.20 bits per heavy atom. The molecule has 0 radical (unpaired) electrons. The van der Waals surface area contributed by atoms with Crippen molar-refractivity contribution < 1.29 is 4.79 Å². The van der Waals surface area contributed by atoms with Crippen LogP contribution in [0.15, 0.2) is 18.3 Å². The van der Waals surface area contributed by atoms with E-state index in [-0.39, 0.29) is 11.3 Å². The van der Waals surface area contributed by atoms with Gasteiger partial charge in [0.25, 0.3) is 0 Å². The number of hydrogen-bond donors (Lipinski definition) is 1. The Morgan fingerprint density at radius 2 is 1.80 bits per heavy atom. The van der Waals surface area contributed by atoms with Crippen molar-refractivity contribution in [1.29, 1.82) is 0 Å². The van der Waals surface area contributed by atoms with Crippen LogP contribution in [0.5, 0.6) is 0 Å². The van der Waals surface area contributed by atoms with E-state index in [9.17, 15) is 4.79 Å². The molecular weight excluding hydrogens is 248 g/mol. The van der Waals surface area contributed by atoms with Crippen molar-refractivity contribution in [2.75, 3.05) is 5.32 Å². The van der Waals surface area contributed by atoms with E-state index in [4.69, 9.17) is 0 Å². The number of hydrogen-bond acceptors (Lipinski definition) is 2. The summed E-state index contributed by atoms with van der Waals surface area (Å²) in [6.07, 6.45) is 9.19. The van der Waals surface area contributed by atoms with Crippen LogP contribution in [-0.2, 0) is 4.79 Å². The predicted octanol–water partition coefficient (Wildman–Crippen LogP) is 3.54. The topological polar surface area (TPSA) is 42.0 Å². The molecule has 3 nitrogen and oxygen atoms in total. The largest absolute Gasteiger partial charge is 0.310 e. The molecule has 1 aromatic heterocycles. The fourth-order valence-electron chi connectivity index (χ4n) is 5.25. The number of anilines is 1. The van der Waals surface area contributed by atoms with Gasteiger partial charge in [0, 0.05) is 6.20 Å². The highest BCUT2D eigenvalue weighted by Gasteiger charge is 2.54. The quantitative estimate of drug-likeness (QED) is 0.893. The molecule has 0 spiro atoms. The summed E-state index contributed by atoms with van der Waals surface area (Å²) in [6, 6.07) is 3.91. The monoisotopic (exact) mass is 270 g/mol. The van der Waals surface area contributed by atoms with Gasteiger partial charge < -0.3 is 5.32 Å². The first-order chi connectivity index (χ1) is 9.64. The number of carbonyl (C=O) groups excluding carboxylic acids is 1. The first kappa shape index (κ1) is 12.4. The molecule has 1 N–H and O–H groups in total. The van der Waals surface area contributed by atoms with Gasteiger partial charge in [-0.05, 0) is 74.8 Å². The van der Waals surface area contributed by atoms with E-state index in [2.05, 4.69) is 10.3 Å². The van der Waals surface area contributed by atoms with Gasteiger partial charge in [0.1, 0.15) is 5.82 Å². The van der Waals surface area contributed by atoms with E-state index < -0.39 is 0 Å². The minimum Gasteiger partial charge on any atom is -0.310 e. The molecule has 4 aliphatic carbocycles.